The Morgan fingerprint density at radius 1 is 1.40 bits per heavy atom. The fraction of sp³-hybridized carbons (Fsp3) is 0.429. The number of hydrogen-bond acceptors (Lipinski definition) is 4. The van der Waals surface area contributed by atoms with Crippen LogP contribution < -0.4 is 5.32 Å². The Kier molecular flexibility index (Phi) is 4.66. The molecule has 1 N–H and O–H groups in total. The molecule has 1 aliphatic heterocycles. The molecule has 0 unspecified atom stereocenters. The van der Waals surface area contributed by atoms with Crippen LogP contribution in [0.2, 0.25) is 0 Å². The van der Waals surface area contributed by atoms with Crippen LogP contribution in [0.25, 0.3) is 0 Å². The van der Waals surface area contributed by atoms with Gasteiger partial charge in [0.15, 0.2) is 0 Å². The fourth-order valence-corrected chi connectivity index (χ4v) is 2.21. The molecule has 2 heterocycles. The van der Waals surface area contributed by atoms with Gasteiger partial charge in [-0.15, -0.1) is 0 Å². The molecule has 1 aromatic rings. The summed E-state index contributed by atoms with van der Waals surface area (Å²) in [7, 11) is 0. The van der Waals surface area contributed by atoms with Crippen LogP contribution in [0.1, 0.15) is 29.8 Å². The number of nitriles is 1. The van der Waals surface area contributed by atoms with Crippen molar-refractivity contribution in [2.75, 3.05) is 13.1 Å². The van der Waals surface area contributed by atoms with Crippen molar-refractivity contribution in [1.82, 2.24) is 15.2 Å². The molecular weight excluding hydrogens is 256 g/mol. The standard InChI is InChI=1S/C14H16N4O2/c15-7-4-13(19)18-9-5-11(6-10-18)17-14(20)12-3-1-2-8-16-12/h1-3,8,11H,4-6,9-10H2,(H,17,20). The van der Waals surface area contributed by atoms with E-state index in [1.165, 1.54) is 0 Å². The van der Waals surface area contributed by atoms with Gasteiger partial charge in [-0.1, -0.05) is 6.07 Å². The van der Waals surface area contributed by atoms with Crippen LogP contribution in [0.3, 0.4) is 0 Å². The number of rotatable bonds is 3. The number of likely N-dealkylation sites (tertiary alicyclic amines) is 1. The van der Waals surface area contributed by atoms with Gasteiger partial charge in [-0.2, -0.15) is 5.26 Å². The molecule has 1 aromatic heterocycles. The van der Waals surface area contributed by atoms with Gasteiger partial charge in [-0.25, -0.2) is 0 Å². The molecule has 2 rings (SSSR count). The molecule has 0 atom stereocenters. The zero-order valence-electron chi connectivity index (χ0n) is 11.1. The molecule has 1 fully saturated rings. The van der Waals surface area contributed by atoms with E-state index in [1.807, 2.05) is 6.07 Å². The van der Waals surface area contributed by atoms with Gasteiger partial charge >= 0.3 is 0 Å². The van der Waals surface area contributed by atoms with Gasteiger partial charge in [0, 0.05) is 25.3 Å². The highest BCUT2D eigenvalue weighted by molar-refractivity contribution is 5.92. The Balaban J connectivity index is 1.82. The lowest BCUT2D eigenvalue weighted by Gasteiger charge is -2.31. The lowest BCUT2D eigenvalue weighted by atomic mass is 10.0. The quantitative estimate of drug-likeness (QED) is 0.878. The first-order valence-electron chi connectivity index (χ1n) is 6.57. The number of pyridine rings is 1. The zero-order chi connectivity index (χ0) is 14.4. The molecule has 6 heteroatoms. The average molecular weight is 272 g/mol. The van der Waals surface area contributed by atoms with E-state index in [9.17, 15) is 9.59 Å². The number of nitrogens with one attached hydrogen (secondary N) is 1. The Morgan fingerprint density at radius 3 is 2.75 bits per heavy atom. The first-order valence-corrected chi connectivity index (χ1v) is 6.57. The smallest absolute Gasteiger partial charge is 0.270 e. The van der Waals surface area contributed by atoms with E-state index < -0.39 is 0 Å². The van der Waals surface area contributed by atoms with E-state index in [1.54, 1.807) is 29.3 Å². The molecule has 1 aliphatic rings. The summed E-state index contributed by atoms with van der Waals surface area (Å²) in [4.78, 5) is 29.2. The molecule has 0 aliphatic carbocycles. The van der Waals surface area contributed by atoms with E-state index in [0.717, 1.165) is 0 Å². The second-order valence-electron chi connectivity index (χ2n) is 4.68. The molecule has 2 amide bonds. The molecule has 1 saturated heterocycles. The third-order valence-electron chi connectivity index (χ3n) is 3.31. The van der Waals surface area contributed by atoms with Gasteiger partial charge in [-0.3, -0.25) is 14.6 Å². The Hall–Kier alpha value is -2.42. The molecule has 20 heavy (non-hydrogen) atoms. The highest BCUT2D eigenvalue weighted by Crippen LogP contribution is 2.12. The predicted molar refractivity (Wildman–Crippen MR) is 71.5 cm³/mol. The molecule has 0 aromatic carbocycles. The van der Waals surface area contributed by atoms with Crippen LogP contribution in [0.5, 0.6) is 0 Å². The molecular formula is C14H16N4O2. The summed E-state index contributed by atoms with van der Waals surface area (Å²) in [6, 6.07) is 7.11. The van der Waals surface area contributed by atoms with Crippen molar-refractivity contribution < 1.29 is 9.59 Å². The summed E-state index contributed by atoms with van der Waals surface area (Å²) in [5.74, 6) is -0.325. The van der Waals surface area contributed by atoms with E-state index in [0.29, 0.717) is 31.6 Å². The van der Waals surface area contributed by atoms with Crippen molar-refractivity contribution >= 4 is 11.8 Å². The third-order valence-corrected chi connectivity index (χ3v) is 3.31. The summed E-state index contributed by atoms with van der Waals surface area (Å²) in [6.45, 7) is 1.15. The van der Waals surface area contributed by atoms with Gasteiger partial charge in [0.1, 0.15) is 12.1 Å². The first-order chi connectivity index (χ1) is 9.70. The molecule has 0 radical (unpaired) electrons. The van der Waals surface area contributed by atoms with Gasteiger partial charge in [-0.05, 0) is 25.0 Å². The minimum Gasteiger partial charge on any atom is -0.348 e. The zero-order valence-corrected chi connectivity index (χ0v) is 11.1. The van der Waals surface area contributed by atoms with Crippen LogP contribution in [0.4, 0.5) is 0 Å². The van der Waals surface area contributed by atoms with Crippen molar-refractivity contribution in [3.63, 3.8) is 0 Å². The van der Waals surface area contributed by atoms with Crippen molar-refractivity contribution in [1.29, 1.82) is 5.26 Å². The van der Waals surface area contributed by atoms with Crippen LogP contribution in [0.15, 0.2) is 24.4 Å². The molecule has 0 spiro atoms. The lowest BCUT2D eigenvalue weighted by molar-refractivity contribution is -0.131. The van der Waals surface area contributed by atoms with Crippen LogP contribution in [0, 0.1) is 11.3 Å². The summed E-state index contributed by atoms with van der Waals surface area (Å²) < 4.78 is 0. The van der Waals surface area contributed by atoms with Crippen molar-refractivity contribution in [3.8, 4) is 6.07 Å². The van der Waals surface area contributed by atoms with Crippen molar-refractivity contribution in [3.05, 3.63) is 30.1 Å². The van der Waals surface area contributed by atoms with E-state index in [-0.39, 0.29) is 24.3 Å². The van der Waals surface area contributed by atoms with E-state index in [2.05, 4.69) is 10.3 Å². The normalized spacial score (nSPS) is 15.4. The van der Waals surface area contributed by atoms with Crippen molar-refractivity contribution in [2.24, 2.45) is 0 Å². The van der Waals surface area contributed by atoms with Gasteiger partial charge in [0.2, 0.25) is 5.91 Å². The first kappa shape index (κ1) is 14.0. The van der Waals surface area contributed by atoms with Crippen LogP contribution >= 0.6 is 0 Å². The minimum absolute atomic E-state index is 0.0515. The summed E-state index contributed by atoms with van der Waals surface area (Å²) in [6.07, 6.45) is 2.91. The Labute approximate surface area is 117 Å². The van der Waals surface area contributed by atoms with Crippen molar-refractivity contribution in [2.45, 2.75) is 25.3 Å². The van der Waals surface area contributed by atoms with Crippen LogP contribution in [-0.4, -0.2) is 40.8 Å². The van der Waals surface area contributed by atoms with Gasteiger partial charge < -0.3 is 10.2 Å². The number of nitrogens with zero attached hydrogens (tertiary/aromatic N) is 3. The highest BCUT2D eigenvalue weighted by Gasteiger charge is 2.23. The third kappa shape index (κ3) is 3.54. The predicted octanol–water partition coefficient (Wildman–Crippen LogP) is 0.716. The molecule has 6 nitrogen and oxygen atoms in total. The lowest BCUT2D eigenvalue weighted by Crippen LogP contribution is -2.46. The Morgan fingerprint density at radius 2 is 2.15 bits per heavy atom. The molecule has 0 saturated carbocycles. The molecule has 0 bridgehead atoms. The summed E-state index contributed by atoms with van der Waals surface area (Å²) in [5.41, 5.74) is 0.399. The number of carbonyl (C=O) groups excluding carboxylic acids is 2. The van der Waals surface area contributed by atoms with E-state index in [4.69, 9.17) is 5.26 Å². The highest BCUT2D eigenvalue weighted by atomic mass is 16.2. The van der Waals surface area contributed by atoms with Gasteiger partial charge in [0.05, 0.1) is 6.07 Å². The van der Waals surface area contributed by atoms with Gasteiger partial charge in [0.25, 0.3) is 5.91 Å². The maximum absolute atomic E-state index is 11.9. The number of aromatic nitrogens is 1. The second kappa shape index (κ2) is 6.66. The second-order valence-corrected chi connectivity index (χ2v) is 4.68. The van der Waals surface area contributed by atoms with E-state index >= 15 is 0 Å². The topological polar surface area (TPSA) is 86.1 Å². The number of carbonyl (C=O) groups is 2. The summed E-state index contributed by atoms with van der Waals surface area (Å²) >= 11 is 0. The average Bonchev–Trinajstić information content (AvgIpc) is 2.49. The number of piperidine rings is 1. The SMILES string of the molecule is N#CCC(=O)N1CCC(NC(=O)c2ccccn2)CC1. The molecule has 104 valence electrons. The van der Waals surface area contributed by atoms with Crippen LogP contribution in [-0.2, 0) is 4.79 Å². The minimum atomic E-state index is -0.188. The summed E-state index contributed by atoms with van der Waals surface area (Å²) in [5, 5.41) is 11.4. The monoisotopic (exact) mass is 272 g/mol. The Bertz CT molecular complexity index is 516. The maximum Gasteiger partial charge on any atom is 0.270 e. The largest absolute Gasteiger partial charge is 0.348 e. The fourth-order valence-electron chi connectivity index (χ4n) is 2.21. The maximum atomic E-state index is 11.9. The number of amides is 2. The number of hydrogen-bond donors (Lipinski definition) is 1.